The Balaban J connectivity index is 1.58. The van der Waals surface area contributed by atoms with E-state index in [0.29, 0.717) is 18.5 Å². The largest absolute Gasteiger partial charge is 0.497 e. The minimum atomic E-state index is -3.70. The van der Waals surface area contributed by atoms with Gasteiger partial charge in [-0.3, -0.25) is 4.79 Å². The lowest BCUT2D eigenvalue weighted by Crippen LogP contribution is -2.27. The number of rotatable bonds is 9. The van der Waals surface area contributed by atoms with E-state index in [4.69, 9.17) is 4.74 Å². The Labute approximate surface area is 174 Å². The Morgan fingerprint density at radius 2 is 1.86 bits per heavy atom. The molecule has 3 aromatic rings. The van der Waals surface area contributed by atoms with Crippen molar-refractivity contribution in [1.82, 2.24) is 10.0 Å². The summed E-state index contributed by atoms with van der Waals surface area (Å²) < 4.78 is 32.7. The van der Waals surface area contributed by atoms with Crippen molar-refractivity contribution in [2.45, 2.75) is 17.9 Å². The van der Waals surface area contributed by atoms with Crippen LogP contribution in [0.15, 0.2) is 70.9 Å². The van der Waals surface area contributed by atoms with Crippen LogP contribution in [0.25, 0.3) is 0 Å². The molecule has 1 heterocycles. The number of benzene rings is 2. The van der Waals surface area contributed by atoms with E-state index in [1.165, 1.54) is 23.5 Å². The van der Waals surface area contributed by atoms with Crippen molar-refractivity contribution in [1.29, 1.82) is 0 Å². The topological polar surface area (TPSA) is 84.5 Å². The predicted octanol–water partition coefficient (Wildman–Crippen LogP) is 3.21. The quantitative estimate of drug-likeness (QED) is 0.546. The third-order valence-corrected chi connectivity index (χ3v) is 6.56. The molecule has 0 spiro atoms. The van der Waals surface area contributed by atoms with Gasteiger partial charge in [0.05, 0.1) is 12.0 Å². The summed E-state index contributed by atoms with van der Waals surface area (Å²) in [6.45, 7) is 0.664. The maximum Gasteiger partial charge on any atom is 0.251 e. The summed E-state index contributed by atoms with van der Waals surface area (Å²) in [5, 5.41) is 4.71. The van der Waals surface area contributed by atoms with Crippen LogP contribution in [0.1, 0.15) is 20.8 Å². The third-order valence-electron chi connectivity index (χ3n) is 4.28. The zero-order valence-electron chi connectivity index (χ0n) is 15.9. The highest BCUT2D eigenvalue weighted by Gasteiger charge is 2.16. The number of amides is 1. The second-order valence-electron chi connectivity index (χ2n) is 6.29. The molecule has 0 saturated carbocycles. The minimum Gasteiger partial charge on any atom is -0.497 e. The van der Waals surface area contributed by atoms with Gasteiger partial charge in [0.25, 0.3) is 5.91 Å². The molecule has 1 amide bonds. The minimum absolute atomic E-state index is 0.0665. The SMILES string of the molecule is COc1ccc(CCNC(=O)c2cccc(S(=O)(=O)NCc3cccs3)c2)cc1. The van der Waals surface area contributed by atoms with Gasteiger partial charge in [-0.05, 0) is 53.8 Å². The van der Waals surface area contributed by atoms with Gasteiger partial charge in [0.1, 0.15) is 5.75 Å². The Bertz CT molecular complexity index is 1050. The fourth-order valence-corrected chi connectivity index (χ4v) is 4.47. The Morgan fingerprint density at radius 3 is 2.55 bits per heavy atom. The van der Waals surface area contributed by atoms with Crippen molar-refractivity contribution < 1.29 is 17.9 Å². The molecule has 0 unspecified atom stereocenters. The van der Waals surface area contributed by atoms with Crippen LogP contribution in [0.3, 0.4) is 0 Å². The number of nitrogens with one attached hydrogen (secondary N) is 2. The lowest BCUT2D eigenvalue weighted by atomic mass is 10.1. The molecule has 3 rings (SSSR count). The van der Waals surface area contributed by atoms with Crippen LogP contribution >= 0.6 is 11.3 Å². The molecule has 0 aliphatic heterocycles. The third kappa shape index (κ3) is 5.90. The summed E-state index contributed by atoms with van der Waals surface area (Å²) in [6, 6.07) is 17.4. The van der Waals surface area contributed by atoms with E-state index in [2.05, 4.69) is 10.0 Å². The molecule has 2 aromatic carbocycles. The molecule has 0 aliphatic carbocycles. The smallest absolute Gasteiger partial charge is 0.251 e. The molecule has 0 atom stereocenters. The van der Waals surface area contributed by atoms with Gasteiger partial charge in [0.15, 0.2) is 0 Å². The average molecular weight is 431 g/mol. The van der Waals surface area contributed by atoms with E-state index in [0.717, 1.165) is 16.2 Å². The maximum atomic E-state index is 12.5. The van der Waals surface area contributed by atoms with Gasteiger partial charge in [0.2, 0.25) is 10.0 Å². The molecule has 0 aliphatic rings. The first kappa shape index (κ1) is 21.0. The first-order valence-electron chi connectivity index (χ1n) is 9.01. The van der Waals surface area contributed by atoms with Crippen LogP contribution in [0.2, 0.25) is 0 Å². The zero-order chi connectivity index (χ0) is 20.7. The number of carbonyl (C=O) groups excluding carboxylic acids is 1. The van der Waals surface area contributed by atoms with E-state index in [1.807, 2.05) is 41.8 Å². The van der Waals surface area contributed by atoms with Crippen LogP contribution in [0, 0.1) is 0 Å². The standard InChI is InChI=1S/C21H22N2O4S2/c1-27-18-9-7-16(8-10-18)11-12-22-21(24)17-4-2-6-20(14-17)29(25,26)23-15-19-5-3-13-28-19/h2-10,13-14,23H,11-12,15H2,1H3,(H,22,24). The van der Waals surface area contributed by atoms with Crippen molar-refractivity contribution in [2.24, 2.45) is 0 Å². The molecule has 8 heteroatoms. The van der Waals surface area contributed by atoms with Gasteiger partial charge in [0, 0.05) is 23.5 Å². The summed E-state index contributed by atoms with van der Waals surface area (Å²) >= 11 is 1.48. The lowest BCUT2D eigenvalue weighted by molar-refractivity contribution is 0.0954. The maximum absolute atomic E-state index is 12.5. The molecule has 0 bridgehead atoms. The Kier molecular flexibility index (Phi) is 7.03. The van der Waals surface area contributed by atoms with Crippen LogP contribution in [-0.4, -0.2) is 28.0 Å². The van der Waals surface area contributed by atoms with Crippen LogP contribution in [-0.2, 0) is 23.0 Å². The second kappa shape index (κ2) is 9.69. The van der Waals surface area contributed by atoms with Crippen LogP contribution < -0.4 is 14.8 Å². The molecular formula is C21H22N2O4S2. The van der Waals surface area contributed by atoms with E-state index in [-0.39, 0.29) is 17.3 Å². The molecule has 0 saturated heterocycles. The first-order valence-corrected chi connectivity index (χ1v) is 11.4. The molecular weight excluding hydrogens is 408 g/mol. The predicted molar refractivity (Wildman–Crippen MR) is 114 cm³/mol. The van der Waals surface area contributed by atoms with Gasteiger partial charge in [-0.25, -0.2) is 13.1 Å². The normalized spacial score (nSPS) is 11.2. The molecule has 6 nitrogen and oxygen atoms in total. The summed E-state index contributed by atoms with van der Waals surface area (Å²) in [6.07, 6.45) is 0.663. The zero-order valence-corrected chi connectivity index (χ0v) is 17.6. The summed E-state index contributed by atoms with van der Waals surface area (Å²) in [5.41, 5.74) is 1.37. The van der Waals surface area contributed by atoms with Crippen LogP contribution in [0.4, 0.5) is 0 Å². The first-order chi connectivity index (χ1) is 14.0. The van der Waals surface area contributed by atoms with Crippen molar-refractivity contribution in [3.8, 4) is 5.75 Å². The number of hydrogen-bond acceptors (Lipinski definition) is 5. The van der Waals surface area contributed by atoms with Crippen molar-refractivity contribution in [2.75, 3.05) is 13.7 Å². The molecule has 152 valence electrons. The molecule has 0 radical (unpaired) electrons. The van der Waals surface area contributed by atoms with Gasteiger partial charge in [-0.1, -0.05) is 24.3 Å². The van der Waals surface area contributed by atoms with Gasteiger partial charge >= 0.3 is 0 Å². The molecule has 1 aromatic heterocycles. The highest BCUT2D eigenvalue weighted by molar-refractivity contribution is 7.89. The number of carbonyl (C=O) groups is 1. The molecule has 29 heavy (non-hydrogen) atoms. The van der Waals surface area contributed by atoms with Crippen LogP contribution in [0.5, 0.6) is 5.75 Å². The van der Waals surface area contributed by atoms with Gasteiger partial charge in [-0.2, -0.15) is 0 Å². The number of thiophene rings is 1. The number of methoxy groups -OCH3 is 1. The number of hydrogen-bond donors (Lipinski definition) is 2. The van der Waals surface area contributed by atoms with E-state index in [9.17, 15) is 13.2 Å². The van der Waals surface area contributed by atoms with E-state index >= 15 is 0 Å². The number of sulfonamides is 1. The summed E-state index contributed by atoms with van der Waals surface area (Å²) in [4.78, 5) is 13.4. The average Bonchev–Trinajstić information content (AvgIpc) is 3.27. The fraction of sp³-hybridized carbons (Fsp3) is 0.190. The lowest BCUT2D eigenvalue weighted by Gasteiger charge is -2.09. The highest BCUT2D eigenvalue weighted by atomic mass is 32.2. The molecule has 2 N–H and O–H groups in total. The van der Waals surface area contributed by atoms with Gasteiger partial charge < -0.3 is 10.1 Å². The Hall–Kier alpha value is -2.68. The summed E-state index contributed by atoms with van der Waals surface area (Å²) in [7, 11) is -2.09. The van der Waals surface area contributed by atoms with E-state index < -0.39 is 10.0 Å². The van der Waals surface area contributed by atoms with Crippen molar-refractivity contribution in [3.05, 3.63) is 82.0 Å². The van der Waals surface area contributed by atoms with Crippen molar-refractivity contribution in [3.63, 3.8) is 0 Å². The summed E-state index contributed by atoms with van der Waals surface area (Å²) in [5.74, 6) is 0.470. The van der Waals surface area contributed by atoms with Crippen molar-refractivity contribution >= 4 is 27.3 Å². The second-order valence-corrected chi connectivity index (χ2v) is 9.08. The highest BCUT2D eigenvalue weighted by Crippen LogP contribution is 2.14. The van der Waals surface area contributed by atoms with E-state index in [1.54, 1.807) is 19.2 Å². The monoisotopic (exact) mass is 430 g/mol. The number of ether oxygens (including phenoxy) is 1. The van der Waals surface area contributed by atoms with Gasteiger partial charge in [-0.15, -0.1) is 11.3 Å². The molecule has 0 fully saturated rings. The Morgan fingerprint density at radius 1 is 1.07 bits per heavy atom. The fourth-order valence-electron chi connectivity index (χ4n) is 2.68.